The number of para-hydroxylation sites is 1. The monoisotopic (exact) mass is 489 g/mol. The largest absolute Gasteiger partial charge is 0.356 e. The van der Waals surface area contributed by atoms with Gasteiger partial charge in [-0.2, -0.15) is 10.2 Å². The van der Waals surface area contributed by atoms with Crippen LogP contribution in [0.4, 0.5) is 5.82 Å². The molecule has 0 bridgehead atoms. The number of rotatable bonds is 6. The van der Waals surface area contributed by atoms with Crippen molar-refractivity contribution in [2.24, 2.45) is 5.10 Å². The van der Waals surface area contributed by atoms with Gasteiger partial charge in [0.15, 0.2) is 0 Å². The van der Waals surface area contributed by atoms with Crippen molar-refractivity contribution in [3.63, 3.8) is 0 Å². The van der Waals surface area contributed by atoms with Gasteiger partial charge in [0.25, 0.3) is 5.56 Å². The second-order valence-electron chi connectivity index (χ2n) is 8.71. The molecule has 2 N–H and O–H groups in total. The predicted molar refractivity (Wildman–Crippen MR) is 139 cm³/mol. The molecule has 0 radical (unpaired) electrons. The Balaban J connectivity index is 1.36. The van der Waals surface area contributed by atoms with Crippen molar-refractivity contribution < 1.29 is 4.79 Å². The van der Waals surface area contributed by atoms with Crippen LogP contribution in [0.2, 0.25) is 0 Å². The summed E-state index contributed by atoms with van der Waals surface area (Å²) >= 11 is 1.46. The van der Waals surface area contributed by atoms with E-state index in [0.717, 1.165) is 59.1 Å². The van der Waals surface area contributed by atoms with Gasteiger partial charge in [-0.1, -0.05) is 18.2 Å². The fraction of sp³-hybridized carbons (Fsp3) is 0.320. The lowest BCUT2D eigenvalue weighted by atomic mass is 10.2. The molecule has 9 nitrogen and oxygen atoms in total. The van der Waals surface area contributed by atoms with E-state index in [1.165, 1.54) is 11.3 Å². The fourth-order valence-corrected chi connectivity index (χ4v) is 5.45. The highest BCUT2D eigenvalue weighted by Gasteiger charge is 2.23. The zero-order valence-electron chi connectivity index (χ0n) is 20.0. The number of hydrazone groups is 1. The van der Waals surface area contributed by atoms with Gasteiger partial charge in [0.2, 0.25) is 5.91 Å². The number of aryl methyl sites for hydroxylation is 3. The van der Waals surface area contributed by atoms with Crippen molar-refractivity contribution in [2.75, 3.05) is 18.0 Å². The molecule has 180 valence electrons. The molecule has 35 heavy (non-hydrogen) atoms. The molecule has 1 amide bonds. The summed E-state index contributed by atoms with van der Waals surface area (Å²) in [5.41, 5.74) is 5.96. The van der Waals surface area contributed by atoms with Crippen LogP contribution in [0.15, 0.2) is 40.2 Å². The van der Waals surface area contributed by atoms with E-state index in [9.17, 15) is 9.59 Å². The molecule has 1 aliphatic rings. The fourth-order valence-electron chi connectivity index (χ4n) is 4.40. The Hall–Kier alpha value is -3.79. The van der Waals surface area contributed by atoms with Gasteiger partial charge in [-0.25, -0.2) is 15.1 Å². The highest BCUT2D eigenvalue weighted by atomic mass is 32.1. The normalized spacial score (nSPS) is 13.9. The third kappa shape index (κ3) is 4.49. The number of anilines is 1. The number of aromatic amines is 1. The van der Waals surface area contributed by atoms with Gasteiger partial charge in [-0.05, 0) is 51.3 Å². The van der Waals surface area contributed by atoms with Gasteiger partial charge >= 0.3 is 0 Å². The van der Waals surface area contributed by atoms with E-state index in [1.54, 1.807) is 6.21 Å². The lowest BCUT2D eigenvalue weighted by molar-refractivity contribution is -0.120. The number of nitrogens with one attached hydrogen (secondary N) is 2. The number of aromatic nitrogens is 4. The summed E-state index contributed by atoms with van der Waals surface area (Å²) in [6.45, 7) is 7.71. The number of hydrogen-bond donors (Lipinski definition) is 2. The molecule has 0 atom stereocenters. The van der Waals surface area contributed by atoms with Crippen LogP contribution in [-0.4, -0.2) is 45.0 Å². The predicted octanol–water partition coefficient (Wildman–Crippen LogP) is 3.39. The topological polar surface area (TPSA) is 108 Å². The molecule has 0 aliphatic carbocycles. The van der Waals surface area contributed by atoms with Crippen molar-refractivity contribution in [3.8, 4) is 5.69 Å². The van der Waals surface area contributed by atoms with Crippen molar-refractivity contribution in [3.05, 3.63) is 68.2 Å². The van der Waals surface area contributed by atoms with Crippen LogP contribution < -0.4 is 15.9 Å². The molecule has 4 aromatic rings. The third-order valence-corrected chi connectivity index (χ3v) is 7.39. The number of amides is 1. The number of carbonyl (C=O) groups excluding carboxylic acids is 1. The first-order valence-corrected chi connectivity index (χ1v) is 12.4. The number of hydrogen-bond acceptors (Lipinski definition) is 7. The van der Waals surface area contributed by atoms with E-state index in [4.69, 9.17) is 5.10 Å². The van der Waals surface area contributed by atoms with E-state index in [-0.39, 0.29) is 17.9 Å². The van der Waals surface area contributed by atoms with Gasteiger partial charge in [-0.3, -0.25) is 9.59 Å². The zero-order valence-corrected chi connectivity index (χ0v) is 20.8. The first-order valence-electron chi connectivity index (χ1n) is 11.6. The van der Waals surface area contributed by atoms with Crippen LogP contribution in [0.25, 0.3) is 15.9 Å². The molecule has 0 spiro atoms. The number of nitrogens with zero attached hydrogens (tertiary/aromatic N) is 5. The first-order chi connectivity index (χ1) is 16.9. The van der Waals surface area contributed by atoms with E-state index < -0.39 is 0 Å². The Morgan fingerprint density at radius 1 is 1.20 bits per heavy atom. The standard InChI is InChI=1S/C25H27N7O2S/c1-15-17(3)35-24-22(15)23(34)27-20(28-24)13-21(33)29-26-14-19-16(2)30-32(18-9-5-4-6-10-18)25(19)31-11-7-8-12-31/h4-6,9-10,14H,7-8,11-13H2,1-3H3,(H,29,33)(H,27,28,34). The van der Waals surface area contributed by atoms with Crippen LogP contribution in [0.3, 0.4) is 0 Å². The number of thiophene rings is 1. The van der Waals surface area contributed by atoms with Gasteiger partial charge in [0.05, 0.1) is 35.0 Å². The quantitative estimate of drug-likeness (QED) is 0.319. The van der Waals surface area contributed by atoms with Crippen molar-refractivity contribution >= 4 is 39.5 Å². The number of H-pyrrole nitrogens is 1. The summed E-state index contributed by atoms with van der Waals surface area (Å²) in [5, 5.41) is 9.57. The summed E-state index contributed by atoms with van der Waals surface area (Å²) in [5.74, 6) is 0.941. The van der Waals surface area contributed by atoms with E-state index in [1.807, 2.05) is 55.8 Å². The maximum atomic E-state index is 12.6. The summed E-state index contributed by atoms with van der Waals surface area (Å²) in [6.07, 6.45) is 3.84. The zero-order chi connectivity index (χ0) is 24.5. The minimum Gasteiger partial charge on any atom is -0.356 e. The Labute approximate surface area is 206 Å². The molecule has 0 unspecified atom stereocenters. The first kappa shape index (κ1) is 23.0. The van der Waals surface area contributed by atoms with Crippen molar-refractivity contribution in [2.45, 2.75) is 40.0 Å². The molecule has 3 aromatic heterocycles. The van der Waals surface area contributed by atoms with Gasteiger partial charge in [-0.15, -0.1) is 11.3 Å². The molecular formula is C25H27N7O2S. The second kappa shape index (κ2) is 9.46. The third-order valence-electron chi connectivity index (χ3n) is 6.29. The van der Waals surface area contributed by atoms with Crippen molar-refractivity contribution in [1.82, 2.24) is 25.2 Å². The van der Waals surface area contributed by atoms with Crippen LogP contribution >= 0.6 is 11.3 Å². The Morgan fingerprint density at radius 2 is 1.94 bits per heavy atom. The summed E-state index contributed by atoms with van der Waals surface area (Å²) in [7, 11) is 0. The number of fused-ring (bicyclic) bond motifs is 1. The van der Waals surface area contributed by atoms with Gasteiger partial charge in [0.1, 0.15) is 16.5 Å². The lowest BCUT2D eigenvalue weighted by Gasteiger charge is -2.20. The van der Waals surface area contributed by atoms with Crippen LogP contribution in [-0.2, 0) is 11.2 Å². The maximum Gasteiger partial charge on any atom is 0.259 e. The van der Waals surface area contributed by atoms with Gasteiger partial charge in [0, 0.05) is 18.0 Å². The van der Waals surface area contributed by atoms with E-state index in [0.29, 0.717) is 16.0 Å². The highest BCUT2D eigenvalue weighted by molar-refractivity contribution is 7.18. The van der Waals surface area contributed by atoms with Crippen molar-refractivity contribution in [1.29, 1.82) is 0 Å². The number of benzene rings is 1. The molecule has 10 heteroatoms. The Morgan fingerprint density at radius 3 is 2.69 bits per heavy atom. The highest BCUT2D eigenvalue weighted by Crippen LogP contribution is 2.29. The molecular weight excluding hydrogens is 462 g/mol. The molecule has 1 aromatic carbocycles. The smallest absolute Gasteiger partial charge is 0.259 e. The SMILES string of the molecule is Cc1nn(-c2ccccc2)c(N2CCCC2)c1C=NNC(=O)Cc1nc2sc(C)c(C)c2c(=O)[nH]1. The molecule has 5 rings (SSSR count). The second-order valence-corrected chi connectivity index (χ2v) is 9.91. The maximum absolute atomic E-state index is 12.6. The lowest BCUT2D eigenvalue weighted by Crippen LogP contribution is -2.24. The summed E-state index contributed by atoms with van der Waals surface area (Å²) in [6, 6.07) is 10.0. The number of carbonyl (C=O) groups is 1. The minimum absolute atomic E-state index is 0.0697. The molecule has 1 aliphatic heterocycles. The van der Waals surface area contributed by atoms with E-state index >= 15 is 0 Å². The summed E-state index contributed by atoms with van der Waals surface area (Å²) in [4.78, 5) is 36.2. The van der Waals surface area contributed by atoms with Crippen LogP contribution in [0.1, 0.15) is 40.4 Å². The summed E-state index contributed by atoms with van der Waals surface area (Å²) < 4.78 is 1.94. The Kier molecular flexibility index (Phi) is 6.21. The van der Waals surface area contributed by atoms with Crippen LogP contribution in [0, 0.1) is 20.8 Å². The molecule has 1 fully saturated rings. The van der Waals surface area contributed by atoms with E-state index in [2.05, 4.69) is 25.4 Å². The average Bonchev–Trinajstić information content (AvgIpc) is 3.53. The Bertz CT molecular complexity index is 1480. The molecule has 4 heterocycles. The minimum atomic E-state index is -0.357. The molecule has 0 saturated carbocycles. The van der Waals surface area contributed by atoms with Gasteiger partial charge < -0.3 is 9.88 Å². The molecule has 1 saturated heterocycles. The average molecular weight is 490 g/mol. The van der Waals surface area contributed by atoms with Crippen LogP contribution in [0.5, 0.6) is 0 Å².